The molecule has 12 heavy (non-hydrogen) atoms. The molecule has 0 radical (unpaired) electrons. The second kappa shape index (κ2) is 6.84. The summed E-state index contributed by atoms with van der Waals surface area (Å²) in [5.74, 6) is 2.65. The first-order chi connectivity index (χ1) is 5.20. The molecule has 0 spiro atoms. The van der Waals surface area contributed by atoms with E-state index in [4.69, 9.17) is 4.74 Å². The van der Waals surface area contributed by atoms with Crippen molar-refractivity contribution in [2.45, 2.75) is 12.8 Å². The molecule has 1 atom stereocenters. The SMILES string of the molecule is C1C[C-]2CC2CO1.FB(F)F.[K+]. The van der Waals surface area contributed by atoms with Crippen LogP contribution in [0.15, 0.2) is 0 Å². The standard InChI is InChI=1S/C6H9O.BF3.K/c1-2-7-4-6-3-5(1)6;2-1(3)4;/h6H,1-4H2;;/q-1;;+1. The van der Waals surface area contributed by atoms with E-state index in [0.717, 1.165) is 19.1 Å². The van der Waals surface area contributed by atoms with Gasteiger partial charge in [-0.2, -0.15) is 18.8 Å². The van der Waals surface area contributed by atoms with Crippen molar-refractivity contribution in [1.82, 2.24) is 0 Å². The summed E-state index contributed by atoms with van der Waals surface area (Å²) in [6.07, 6.45) is 2.63. The number of ether oxygens (including phenoxy) is 1. The average molecular weight is 204 g/mol. The predicted octanol–water partition coefficient (Wildman–Crippen LogP) is -1.12. The van der Waals surface area contributed by atoms with Crippen molar-refractivity contribution in [1.29, 1.82) is 0 Å². The molecular formula is C6H9BF3KO. The molecule has 2 fully saturated rings. The Kier molecular flexibility index (Phi) is 7.67. The molecule has 1 aliphatic carbocycles. The fourth-order valence-corrected chi connectivity index (χ4v) is 1.17. The molecule has 1 saturated heterocycles. The smallest absolute Gasteiger partial charge is 0.387 e. The number of hydrogen-bond donors (Lipinski definition) is 0. The maximum Gasteiger partial charge on any atom is 1.00 e. The van der Waals surface area contributed by atoms with E-state index in [0.29, 0.717) is 0 Å². The summed E-state index contributed by atoms with van der Waals surface area (Å²) in [4.78, 5) is 0. The van der Waals surface area contributed by atoms with Crippen LogP contribution in [-0.2, 0) is 4.74 Å². The van der Waals surface area contributed by atoms with E-state index in [1.807, 2.05) is 0 Å². The number of hydrogen-bond acceptors (Lipinski definition) is 1. The minimum absolute atomic E-state index is 0. The van der Waals surface area contributed by atoms with E-state index < -0.39 is 7.54 Å². The summed E-state index contributed by atoms with van der Waals surface area (Å²) in [7, 11) is -3.67. The van der Waals surface area contributed by atoms with Crippen LogP contribution in [0.5, 0.6) is 0 Å². The van der Waals surface area contributed by atoms with Crippen LogP contribution in [0, 0.1) is 11.8 Å². The van der Waals surface area contributed by atoms with Crippen LogP contribution in [0.4, 0.5) is 12.9 Å². The van der Waals surface area contributed by atoms with Crippen LogP contribution in [-0.4, -0.2) is 20.8 Å². The van der Waals surface area contributed by atoms with Crippen LogP contribution >= 0.6 is 0 Å². The van der Waals surface area contributed by atoms with Gasteiger partial charge in [-0.05, 0) is 0 Å². The Morgan fingerprint density at radius 2 is 1.92 bits per heavy atom. The topological polar surface area (TPSA) is 9.23 Å². The molecule has 1 saturated carbocycles. The van der Waals surface area contributed by atoms with Crippen LogP contribution in [0.3, 0.4) is 0 Å². The monoisotopic (exact) mass is 204 g/mol. The molecular weight excluding hydrogens is 195 g/mol. The molecule has 2 rings (SSSR count). The third kappa shape index (κ3) is 5.99. The molecule has 64 valence electrons. The van der Waals surface area contributed by atoms with Crippen molar-refractivity contribution in [3.05, 3.63) is 5.92 Å². The second-order valence-electron chi connectivity index (χ2n) is 2.63. The quantitative estimate of drug-likeness (QED) is 0.359. The van der Waals surface area contributed by atoms with Crippen molar-refractivity contribution >= 4 is 7.54 Å². The first-order valence-corrected chi connectivity index (χ1v) is 3.54. The Bertz CT molecular complexity index is 115. The van der Waals surface area contributed by atoms with E-state index in [1.165, 1.54) is 12.8 Å². The van der Waals surface area contributed by atoms with Crippen molar-refractivity contribution in [2.75, 3.05) is 13.2 Å². The molecule has 1 aliphatic heterocycles. The summed E-state index contributed by atoms with van der Waals surface area (Å²) in [6, 6.07) is 0. The summed E-state index contributed by atoms with van der Waals surface area (Å²) < 4.78 is 34.2. The van der Waals surface area contributed by atoms with Gasteiger partial charge in [0.05, 0.1) is 0 Å². The number of halogens is 3. The van der Waals surface area contributed by atoms with E-state index in [2.05, 4.69) is 0 Å². The van der Waals surface area contributed by atoms with Crippen LogP contribution < -0.4 is 51.4 Å². The maximum atomic E-state index is 9.67. The molecule has 1 heterocycles. The second-order valence-corrected chi connectivity index (χ2v) is 2.63. The molecule has 1 nitrogen and oxygen atoms in total. The van der Waals surface area contributed by atoms with Crippen molar-refractivity contribution in [3.63, 3.8) is 0 Å². The van der Waals surface area contributed by atoms with Crippen molar-refractivity contribution in [3.8, 4) is 0 Å². The predicted molar refractivity (Wildman–Crippen MR) is 35.9 cm³/mol. The van der Waals surface area contributed by atoms with Crippen LogP contribution in [0.2, 0.25) is 0 Å². The molecule has 0 amide bonds. The Morgan fingerprint density at radius 3 is 2.25 bits per heavy atom. The molecule has 1 unspecified atom stereocenters. The van der Waals surface area contributed by atoms with Gasteiger partial charge in [0.15, 0.2) is 0 Å². The minimum atomic E-state index is -3.67. The first-order valence-electron chi connectivity index (χ1n) is 3.54. The van der Waals surface area contributed by atoms with Gasteiger partial charge in [-0.15, -0.1) is 0 Å². The fourth-order valence-electron chi connectivity index (χ4n) is 1.17. The molecule has 0 N–H and O–H groups in total. The molecule has 0 aromatic rings. The fraction of sp³-hybridized carbons (Fsp3) is 0.833. The third-order valence-electron chi connectivity index (χ3n) is 1.81. The Morgan fingerprint density at radius 1 is 1.33 bits per heavy atom. The van der Waals surface area contributed by atoms with Crippen molar-refractivity contribution in [2.24, 2.45) is 5.92 Å². The van der Waals surface area contributed by atoms with Gasteiger partial charge in [-0.3, -0.25) is 12.9 Å². The first kappa shape index (κ1) is 13.5. The van der Waals surface area contributed by atoms with Crippen molar-refractivity contribution < 1.29 is 69.1 Å². The van der Waals surface area contributed by atoms with Gasteiger partial charge >= 0.3 is 58.9 Å². The van der Waals surface area contributed by atoms with E-state index in [9.17, 15) is 12.9 Å². The van der Waals surface area contributed by atoms with E-state index in [-0.39, 0.29) is 51.4 Å². The van der Waals surface area contributed by atoms with Gasteiger partial charge in [-0.25, -0.2) is 0 Å². The van der Waals surface area contributed by atoms with Gasteiger partial charge in [-0.1, -0.05) is 0 Å². The number of rotatable bonds is 0. The zero-order valence-corrected chi connectivity index (χ0v) is 10.1. The molecule has 0 aromatic carbocycles. The molecule has 2 aliphatic rings. The zero-order valence-electron chi connectivity index (χ0n) is 7.03. The minimum Gasteiger partial charge on any atom is -0.387 e. The normalized spacial score (nSPS) is 25.8. The number of fused-ring (bicyclic) bond motifs is 1. The van der Waals surface area contributed by atoms with Gasteiger partial charge in [0.1, 0.15) is 0 Å². The summed E-state index contributed by atoms with van der Waals surface area (Å²) >= 11 is 0. The third-order valence-corrected chi connectivity index (χ3v) is 1.81. The van der Waals surface area contributed by atoms with Crippen LogP contribution in [0.1, 0.15) is 12.8 Å². The Balaban J connectivity index is 0.000000217. The van der Waals surface area contributed by atoms with E-state index in [1.54, 1.807) is 5.92 Å². The largest absolute Gasteiger partial charge is 1.00 e. The van der Waals surface area contributed by atoms with E-state index >= 15 is 0 Å². The average Bonchev–Trinajstić information content (AvgIpc) is 2.62. The Labute approximate surface area is 113 Å². The summed E-state index contributed by atoms with van der Waals surface area (Å²) in [6.45, 7) is 2.02. The van der Waals surface area contributed by atoms with Crippen LogP contribution in [0.25, 0.3) is 0 Å². The molecule has 0 aromatic heterocycles. The summed E-state index contributed by atoms with van der Waals surface area (Å²) in [5.41, 5.74) is 0. The van der Waals surface area contributed by atoms with Gasteiger partial charge in [0, 0.05) is 13.2 Å². The van der Waals surface area contributed by atoms with Gasteiger partial charge in [0.25, 0.3) is 0 Å². The maximum absolute atomic E-state index is 9.67. The molecule has 0 bridgehead atoms. The van der Waals surface area contributed by atoms with Gasteiger partial charge in [0.2, 0.25) is 0 Å². The summed E-state index contributed by atoms with van der Waals surface area (Å²) in [5, 5.41) is 0. The zero-order chi connectivity index (χ0) is 8.27. The Hall–Kier alpha value is 1.45. The molecule has 6 heteroatoms. The van der Waals surface area contributed by atoms with Gasteiger partial charge < -0.3 is 10.7 Å².